The van der Waals surface area contributed by atoms with Crippen molar-refractivity contribution in [2.45, 2.75) is 31.8 Å². The molecular formula is C29H32Cl2N2O6. The molecule has 0 N–H and O–H groups in total. The number of piperidine rings is 1. The molecule has 1 aliphatic heterocycles. The molecule has 0 aliphatic carbocycles. The monoisotopic (exact) mass is 574 g/mol. The van der Waals surface area contributed by atoms with Crippen molar-refractivity contribution in [1.82, 2.24) is 4.90 Å². The van der Waals surface area contributed by atoms with Gasteiger partial charge in [-0.3, -0.25) is 4.90 Å². The molecule has 39 heavy (non-hydrogen) atoms. The molecule has 4 rings (SSSR count). The fourth-order valence-electron chi connectivity index (χ4n) is 4.55. The van der Waals surface area contributed by atoms with Crippen molar-refractivity contribution >= 4 is 29.2 Å². The Morgan fingerprint density at radius 1 is 0.974 bits per heavy atom. The van der Waals surface area contributed by atoms with E-state index >= 15 is 0 Å². The summed E-state index contributed by atoms with van der Waals surface area (Å²) < 4.78 is 23.1. The molecule has 3 aromatic rings. The molecule has 2 heterocycles. The maximum absolute atomic E-state index is 13.2. The van der Waals surface area contributed by atoms with Gasteiger partial charge in [-0.05, 0) is 67.9 Å². The van der Waals surface area contributed by atoms with Crippen LogP contribution in [0, 0.1) is 5.21 Å². The van der Waals surface area contributed by atoms with Gasteiger partial charge in [0.05, 0.1) is 19.8 Å². The van der Waals surface area contributed by atoms with E-state index < -0.39 is 12.1 Å². The number of esters is 1. The number of hydrogen-bond donors (Lipinski definition) is 0. The fraction of sp³-hybridized carbons (Fsp3) is 0.379. The van der Waals surface area contributed by atoms with Crippen LogP contribution in [0.2, 0.25) is 10.0 Å². The smallest absolute Gasteiger partial charge is 0.338 e. The maximum atomic E-state index is 13.2. The van der Waals surface area contributed by atoms with Gasteiger partial charge >= 0.3 is 5.97 Å². The van der Waals surface area contributed by atoms with Crippen LogP contribution in [-0.4, -0.2) is 51.3 Å². The number of methoxy groups -OCH3 is 2. The first kappa shape index (κ1) is 28.8. The van der Waals surface area contributed by atoms with Crippen LogP contribution in [0.3, 0.4) is 0 Å². The quantitative estimate of drug-likeness (QED) is 0.166. The second-order valence-electron chi connectivity index (χ2n) is 9.28. The van der Waals surface area contributed by atoms with E-state index in [0.717, 1.165) is 19.6 Å². The van der Waals surface area contributed by atoms with Gasteiger partial charge in [0.1, 0.15) is 28.5 Å². The number of benzene rings is 2. The molecule has 0 radical (unpaired) electrons. The Balaban J connectivity index is 1.49. The number of halogens is 2. The predicted molar refractivity (Wildman–Crippen MR) is 149 cm³/mol. The zero-order valence-corrected chi connectivity index (χ0v) is 23.5. The minimum Gasteiger partial charge on any atom is -0.619 e. The number of pyridine rings is 1. The van der Waals surface area contributed by atoms with Crippen molar-refractivity contribution in [2.24, 2.45) is 0 Å². The number of carbonyl (C=O) groups is 1. The van der Waals surface area contributed by atoms with E-state index in [-0.39, 0.29) is 16.5 Å². The van der Waals surface area contributed by atoms with Gasteiger partial charge in [0.15, 0.2) is 23.9 Å². The predicted octanol–water partition coefficient (Wildman–Crippen LogP) is 5.65. The van der Waals surface area contributed by atoms with Gasteiger partial charge in [-0.2, -0.15) is 4.73 Å². The van der Waals surface area contributed by atoms with E-state index in [1.54, 1.807) is 42.5 Å². The second-order valence-corrected chi connectivity index (χ2v) is 10.1. The highest BCUT2D eigenvalue weighted by Gasteiger charge is 2.24. The van der Waals surface area contributed by atoms with Gasteiger partial charge in [0.2, 0.25) is 0 Å². The first-order valence-corrected chi connectivity index (χ1v) is 13.6. The third kappa shape index (κ3) is 7.68. The standard InChI is InChI=1S/C29H32Cl2N2O6/c1-36-26-11-8-21(16-28(26)37-2)27(17-23-24(30)18-33(35)19-25(23)31)39-29(34)20-6-9-22(10-7-20)38-15-14-32-12-4-3-5-13-32/h6-11,16,18-19,27H,3-5,12-15,17H2,1-2H3. The Morgan fingerprint density at radius 2 is 1.64 bits per heavy atom. The van der Waals surface area contributed by atoms with Crippen LogP contribution in [0.4, 0.5) is 0 Å². The average molecular weight is 575 g/mol. The zero-order valence-electron chi connectivity index (χ0n) is 22.0. The summed E-state index contributed by atoms with van der Waals surface area (Å²) >= 11 is 12.7. The minimum absolute atomic E-state index is 0.136. The summed E-state index contributed by atoms with van der Waals surface area (Å²) in [6.07, 6.45) is 5.55. The van der Waals surface area contributed by atoms with Gasteiger partial charge in [-0.25, -0.2) is 4.79 Å². The van der Waals surface area contributed by atoms with E-state index in [0.29, 0.717) is 45.3 Å². The van der Waals surface area contributed by atoms with E-state index in [4.69, 9.17) is 42.1 Å². The van der Waals surface area contributed by atoms with Gasteiger partial charge in [0, 0.05) is 18.5 Å². The molecule has 0 bridgehead atoms. The number of carbonyl (C=O) groups excluding carboxylic acids is 1. The second kappa shape index (κ2) is 13.7. The van der Waals surface area contributed by atoms with Crippen molar-refractivity contribution in [3.63, 3.8) is 0 Å². The van der Waals surface area contributed by atoms with Crippen molar-refractivity contribution in [3.05, 3.63) is 86.8 Å². The Hall–Kier alpha value is -3.20. The molecular weight excluding hydrogens is 543 g/mol. The third-order valence-corrected chi connectivity index (χ3v) is 7.34. The molecule has 0 amide bonds. The molecule has 1 saturated heterocycles. The van der Waals surface area contributed by atoms with Crippen LogP contribution in [-0.2, 0) is 11.2 Å². The molecule has 0 saturated carbocycles. The summed E-state index contributed by atoms with van der Waals surface area (Å²) in [5, 5.41) is 12.1. The van der Waals surface area contributed by atoms with Crippen LogP contribution < -0.4 is 18.9 Å². The number of hydrogen-bond acceptors (Lipinski definition) is 7. The maximum Gasteiger partial charge on any atom is 0.338 e. The molecule has 1 aromatic heterocycles. The van der Waals surface area contributed by atoms with Crippen LogP contribution >= 0.6 is 23.2 Å². The van der Waals surface area contributed by atoms with E-state index in [2.05, 4.69) is 4.90 Å². The number of likely N-dealkylation sites (tertiary alicyclic amines) is 1. The highest BCUT2D eigenvalue weighted by molar-refractivity contribution is 6.35. The average Bonchev–Trinajstić information content (AvgIpc) is 2.94. The van der Waals surface area contributed by atoms with E-state index in [1.807, 2.05) is 0 Å². The van der Waals surface area contributed by atoms with Crippen LogP contribution in [0.5, 0.6) is 17.2 Å². The largest absolute Gasteiger partial charge is 0.619 e. The van der Waals surface area contributed by atoms with Crippen molar-refractivity contribution in [2.75, 3.05) is 40.5 Å². The van der Waals surface area contributed by atoms with Gasteiger partial charge in [-0.1, -0.05) is 35.7 Å². The molecule has 2 aromatic carbocycles. The third-order valence-electron chi connectivity index (χ3n) is 6.69. The number of nitrogens with zero attached hydrogens (tertiary/aromatic N) is 2. The molecule has 1 aliphatic rings. The van der Waals surface area contributed by atoms with Gasteiger partial charge < -0.3 is 24.2 Å². The lowest BCUT2D eigenvalue weighted by atomic mass is 10.0. The highest BCUT2D eigenvalue weighted by atomic mass is 35.5. The SMILES string of the molecule is COc1ccc(C(Cc2c(Cl)c[n+]([O-])cc2Cl)OC(=O)c2ccc(OCCN3CCCCC3)cc2)cc1OC. The topological polar surface area (TPSA) is 84.2 Å². The Bertz CT molecular complexity index is 1240. The van der Waals surface area contributed by atoms with Crippen LogP contribution in [0.15, 0.2) is 54.9 Å². The first-order valence-electron chi connectivity index (χ1n) is 12.8. The van der Waals surface area contributed by atoms with E-state index in [9.17, 15) is 10.0 Å². The minimum atomic E-state index is -0.782. The summed E-state index contributed by atoms with van der Waals surface area (Å²) in [6.45, 7) is 3.71. The summed E-state index contributed by atoms with van der Waals surface area (Å²) in [5.74, 6) is 1.17. The molecule has 0 spiro atoms. The lowest BCUT2D eigenvalue weighted by Gasteiger charge is -2.26. The molecule has 208 valence electrons. The first-order chi connectivity index (χ1) is 18.9. The van der Waals surface area contributed by atoms with Crippen molar-refractivity contribution < 1.29 is 28.5 Å². The molecule has 1 atom stereocenters. The number of aromatic nitrogens is 1. The summed E-state index contributed by atoms with van der Waals surface area (Å²) in [5.41, 5.74) is 1.49. The van der Waals surface area contributed by atoms with Crippen LogP contribution in [0.25, 0.3) is 0 Å². The molecule has 10 heteroatoms. The Kier molecular flexibility index (Phi) is 10.1. The van der Waals surface area contributed by atoms with Crippen molar-refractivity contribution in [3.8, 4) is 17.2 Å². The number of rotatable bonds is 11. The van der Waals surface area contributed by atoms with Gasteiger partial charge in [0.25, 0.3) is 0 Å². The summed E-state index contributed by atoms with van der Waals surface area (Å²) in [4.78, 5) is 15.6. The molecule has 8 nitrogen and oxygen atoms in total. The fourth-order valence-corrected chi connectivity index (χ4v) is 5.15. The lowest BCUT2D eigenvalue weighted by molar-refractivity contribution is -0.605. The lowest BCUT2D eigenvalue weighted by Crippen LogP contribution is -2.33. The summed E-state index contributed by atoms with van der Waals surface area (Å²) in [6, 6.07) is 12.1. The Labute approximate surface area is 238 Å². The van der Waals surface area contributed by atoms with E-state index in [1.165, 1.54) is 45.9 Å². The Morgan fingerprint density at radius 3 is 2.28 bits per heavy atom. The molecule has 1 unspecified atom stereocenters. The molecule has 1 fully saturated rings. The highest BCUT2D eigenvalue weighted by Crippen LogP contribution is 2.35. The summed E-state index contributed by atoms with van der Waals surface area (Å²) in [7, 11) is 3.06. The number of ether oxygens (including phenoxy) is 4. The zero-order chi connectivity index (χ0) is 27.8. The normalized spacial score (nSPS) is 14.5. The van der Waals surface area contributed by atoms with Crippen molar-refractivity contribution in [1.29, 1.82) is 0 Å². The van der Waals surface area contributed by atoms with Crippen LogP contribution in [0.1, 0.15) is 46.9 Å². The van der Waals surface area contributed by atoms with Gasteiger partial charge in [-0.15, -0.1) is 0 Å².